The molecule has 3 rings (SSSR count). The number of aromatic nitrogens is 3. The standard InChI is InChI=1S/C14H17N3O3S/c1-3-9(14(19)20)17-13(18)11-8-5-4-7(2)6-10(8)21-12(11)15-16-17/h7,9H,3-6H2,1-2H3,(H,19,20). The highest BCUT2D eigenvalue weighted by Crippen LogP contribution is 2.35. The van der Waals surface area contributed by atoms with E-state index in [0.717, 1.165) is 29.5 Å². The van der Waals surface area contributed by atoms with Crippen molar-refractivity contribution in [3.8, 4) is 0 Å². The molecule has 0 spiro atoms. The van der Waals surface area contributed by atoms with Crippen molar-refractivity contribution in [2.75, 3.05) is 0 Å². The summed E-state index contributed by atoms with van der Waals surface area (Å²) in [6, 6.07) is -0.951. The fourth-order valence-electron chi connectivity index (χ4n) is 2.93. The Balaban J connectivity index is 2.21. The van der Waals surface area contributed by atoms with E-state index in [1.807, 2.05) is 0 Å². The maximum Gasteiger partial charge on any atom is 0.328 e. The van der Waals surface area contributed by atoms with Crippen LogP contribution in [0.1, 0.15) is 43.2 Å². The van der Waals surface area contributed by atoms with E-state index < -0.39 is 12.0 Å². The topological polar surface area (TPSA) is 85.1 Å². The lowest BCUT2D eigenvalue weighted by molar-refractivity contribution is -0.141. The molecule has 1 N–H and O–H groups in total. The third kappa shape index (κ3) is 2.25. The van der Waals surface area contributed by atoms with E-state index >= 15 is 0 Å². The van der Waals surface area contributed by atoms with Crippen LogP contribution in [0.4, 0.5) is 0 Å². The van der Waals surface area contributed by atoms with Crippen molar-refractivity contribution >= 4 is 27.5 Å². The SMILES string of the molecule is CCC(C(=O)O)n1nnc2sc3c(c2c1=O)CCC(C)C3. The molecule has 2 unspecified atom stereocenters. The fourth-order valence-corrected chi connectivity index (χ4v) is 4.25. The van der Waals surface area contributed by atoms with E-state index in [1.165, 1.54) is 16.2 Å². The molecule has 1 aliphatic carbocycles. The Morgan fingerprint density at radius 1 is 1.57 bits per heavy atom. The van der Waals surface area contributed by atoms with Crippen LogP contribution < -0.4 is 5.56 Å². The first-order chi connectivity index (χ1) is 10.0. The third-order valence-electron chi connectivity index (χ3n) is 4.11. The molecule has 0 aromatic carbocycles. The highest BCUT2D eigenvalue weighted by Gasteiger charge is 2.26. The molecule has 112 valence electrons. The molecule has 0 amide bonds. The van der Waals surface area contributed by atoms with Crippen molar-refractivity contribution < 1.29 is 9.90 Å². The number of thiophene rings is 1. The van der Waals surface area contributed by atoms with E-state index in [9.17, 15) is 14.7 Å². The number of carboxylic acids is 1. The molecule has 6 nitrogen and oxygen atoms in total. The third-order valence-corrected chi connectivity index (χ3v) is 5.25. The van der Waals surface area contributed by atoms with E-state index in [2.05, 4.69) is 17.2 Å². The zero-order valence-corrected chi connectivity index (χ0v) is 12.8. The van der Waals surface area contributed by atoms with Gasteiger partial charge < -0.3 is 5.11 Å². The summed E-state index contributed by atoms with van der Waals surface area (Å²) in [5, 5.41) is 17.7. The summed E-state index contributed by atoms with van der Waals surface area (Å²) in [5.74, 6) is -0.436. The van der Waals surface area contributed by atoms with Crippen LogP contribution in [0.15, 0.2) is 4.79 Å². The Labute approximate surface area is 125 Å². The molecule has 0 radical (unpaired) electrons. The van der Waals surface area contributed by atoms with Crippen LogP contribution in [-0.4, -0.2) is 26.1 Å². The molecule has 7 heteroatoms. The second kappa shape index (κ2) is 5.22. The van der Waals surface area contributed by atoms with Crippen LogP contribution in [0.3, 0.4) is 0 Å². The van der Waals surface area contributed by atoms with Gasteiger partial charge in [0, 0.05) is 4.88 Å². The Hall–Kier alpha value is -1.76. The van der Waals surface area contributed by atoms with Crippen LogP contribution in [-0.2, 0) is 17.6 Å². The molecule has 0 saturated heterocycles. The molecule has 2 atom stereocenters. The summed E-state index contributed by atoms with van der Waals surface area (Å²) >= 11 is 1.52. The minimum atomic E-state index is -1.05. The predicted octanol–water partition coefficient (Wildman–Crippen LogP) is 2.01. The smallest absolute Gasteiger partial charge is 0.328 e. The van der Waals surface area contributed by atoms with Crippen molar-refractivity contribution in [3.63, 3.8) is 0 Å². The average molecular weight is 307 g/mol. The minimum absolute atomic E-state index is 0.304. The van der Waals surface area contributed by atoms with Crippen molar-refractivity contribution in [1.29, 1.82) is 0 Å². The number of rotatable bonds is 3. The quantitative estimate of drug-likeness (QED) is 0.937. The molecule has 2 aromatic rings. The van der Waals surface area contributed by atoms with E-state index in [0.29, 0.717) is 22.6 Å². The van der Waals surface area contributed by atoms with Crippen LogP contribution in [0.25, 0.3) is 10.2 Å². The molecule has 2 heterocycles. The molecular weight excluding hydrogens is 290 g/mol. The molecular formula is C14H17N3O3S. The number of hydrogen-bond acceptors (Lipinski definition) is 5. The summed E-state index contributed by atoms with van der Waals surface area (Å²) < 4.78 is 1.02. The van der Waals surface area contributed by atoms with Gasteiger partial charge in [0.1, 0.15) is 0 Å². The number of carboxylic acid groups (broad SMARTS) is 1. The normalized spacial score (nSPS) is 19.4. The number of nitrogens with zero attached hydrogens (tertiary/aromatic N) is 3. The molecule has 0 saturated carbocycles. The number of hydrogen-bond donors (Lipinski definition) is 1. The summed E-state index contributed by atoms with van der Waals surface area (Å²) in [7, 11) is 0. The Morgan fingerprint density at radius 3 is 3.00 bits per heavy atom. The molecule has 2 aromatic heterocycles. The van der Waals surface area contributed by atoms with Crippen LogP contribution in [0, 0.1) is 5.92 Å². The average Bonchev–Trinajstić information content (AvgIpc) is 2.79. The van der Waals surface area contributed by atoms with Crippen molar-refractivity contribution in [2.45, 2.75) is 45.6 Å². The van der Waals surface area contributed by atoms with Crippen molar-refractivity contribution in [2.24, 2.45) is 5.92 Å². The van der Waals surface area contributed by atoms with Gasteiger partial charge in [-0.05, 0) is 37.2 Å². The Kier molecular flexibility index (Phi) is 3.52. The van der Waals surface area contributed by atoms with Crippen LogP contribution in [0.2, 0.25) is 0 Å². The number of aliphatic carboxylic acids is 1. The largest absolute Gasteiger partial charge is 0.480 e. The van der Waals surface area contributed by atoms with Gasteiger partial charge in [0.2, 0.25) is 0 Å². The highest BCUT2D eigenvalue weighted by atomic mass is 32.1. The van der Waals surface area contributed by atoms with Gasteiger partial charge in [-0.1, -0.05) is 19.1 Å². The van der Waals surface area contributed by atoms with Gasteiger partial charge in [-0.2, -0.15) is 4.68 Å². The zero-order chi connectivity index (χ0) is 15.1. The van der Waals surface area contributed by atoms with Gasteiger partial charge in [0.25, 0.3) is 5.56 Å². The summed E-state index contributed by atoms with van der Waals surface area (Å²) in [6.07, 6.45) is 3.18. The van der Waals surface area contributed by atoms with Gasteiger partial charge in [-0.3, -0.25) is 4.79 Å². The van der Waals surface area contributed by atoms with Crippen LogP contribution >= 0.6 is 11.3 Å². The Bertz CT molecular complexity index is 765. The van der Waals surface area contributed by atoms with Crippen molar-refractivity contribution in [1.82, 2.24) is 15.0 Å². The first-order valence-corrected chi connectivity index (χ1v) is 7.97. The summed E-state index contributed by atoms with van der Waals surface area (Å²) in [4.78, 5) is 25.8. The fraction of sp³-hybridized carbons (Fsp3) is 0.571. The number of fused-ring (bicyclic) bond motifs is 3. The van der Waals surface area contributed by atoms with Crippen LogP contribution in [0.5, 0.6) is 0 Å². The number of aryl methyl sites for hydroxylation is 1. The molecule has 0 bridgehead atoms. The maximum absolute atomic E-state index is 12.7. The molecule has 0 aliphatic heterocycles. The molecule has 21 heavy (non-hydrogen) atoms. The lowest BCUT2D eigenvalue weighted by Crippen LogP contribution is -2.32. The van der Waals surface area contributed by atoms with Gasteiger partial charge in [0.15, 0.2) is 10.9 Å². The minimum Gasteiger partial charge on any atom is -0.480 e. The second-order valence-corrected chi connectivity index (χ2v) is 6.72. The van der Waals surface area contributed by atoms with Gasteiger partial charge in [0.05, 0.1) is 5.39 Å². The first-order valence-electron chi connectivity index (χ1n) is 7.15. The summed E-state index contributed by atoms with van der Waals surface area (Å²) in [6.45, 7) is 3.93. The van der Waals surface area contributed by atoms with Gasteiger partial charge in [-0.15, -0.1) is 16.4 Å². The van der Waals surface area contributed by atoms with Gasteiger partial charge >= 0.3 is 5.97 Å². The molecule has 0 fully saturated rings. The lowest BCUT2D eigenvalue weighted by atomic mass is 9.89. The van der Waals surface area contributed by atoms with E-state index in [-0.39, 0.29) is 5.56 Å². The Morgan fingerprint density at radius 2 is 2.33 bits per heavy atom. The highest BCUT2D eigenvalue weighted by molar-refractivity contribution is 7.18. The predicted molar refractivity (Wildman–Crippen MR) is 79.8 cm³/mol. The lowest BCUT2D eigenvalue weighted by Gasteiger charge is -2.17. The van der Waals surface area contributed by atoms with Gasteiger partial charge in [-0.25, -0.2) is 4.79 Å². The van der Waals surface area contributed by atoms with E-state index in [1.54, 1.807) is 6.92 Å². The van der Waals surface area contributed by atoms with Crippen molar-refractivity contribution in [3.05, 3.63) is 20.8 Å². The monoisotopic (exact) mass is 307 g/mol. The zero-order valence-electron chi connectivity index (χ0n) is 12.0. The summed E-state index contributed by atoms with van der Waals surface area (Å²) in [5.41, 5.74) is 0.739. The second-order valence-electron chi connectivity index (χ2n) is 5.63. The first kappa shape index (κ1) is 14.2. The maximum atomic E-state index is 12.7. The van der Waals surface area contributed by atoms with E-state index in [4.69, 9.17) is 0 Å². The number of carbonyl (C=O) groups is 1. The molecule has 1 aliphatic rings.